The SMILES string of the molecule is C=CC(=O)N1CC(C)C1C1CC1. The van der Waals surface area contributed by atoms with Gasteiger partial charge in [-0.05, 0) is 30.8 Å². The lowest BCUT2D eigenvalue weighted by Crippen LogP contribution is -2.58. The Morgan fingerprint density at radius 3 is 2.67 bits per heavy atom. The van der Waals surface area contributed by atoms with Crippen LogP contribution in [0.2, 0.25) is 0 Å². The predicted molar refractivity (Wildman–Crippen MR) is 47.6 cm³/mol. The van der Waals surface area contributed by atoms with E-state index < -0.39 is 0 Å². The molecule has 2 fully saturated rings. The molecule has 12 heavy (non-hydrogen) atoms. The van der Waals surface area contributed by atoms with Crippen LogP contribution in [-0.4, -0.2) is 23.4 Å². The molecule has 2 rings (SSSR count). The Bertz CT molecular complexity index is 218. The van der Waals surface area contributed by atoms with E-state index in [9.17, 15) is 4.79 Å². The van der Waals surface area contributed by atoms with Crippen molar-refractivity contribution in [3.63, 3.8) is 0 Å². The molecule has 66 valence electrons. The molecule has 2 aliphatic rings. The number of likely N-dealkylation sites (tertiary alicyclic amines) is 1. The summed E-state index contributed by atoms with van der Waals surface area (Å²) < 4.78 is 0. The molecule has 2 atom stereocenters. The predicted octanol–water partition coefficient (Wildman–Crippen LogP) is 1.43. The van der Waals surface area contributed by atoms with E-state index in [1.54, 1.807) is 0 Å². The summed E-state index contributed by atoms with van der Waals surface area (Å²) in [5.41, 5.74) is 0. The fraction of sp³-hybridized carbons (Fsp3) is 0.700. The van der Waals surface area contributed by atoms with E-state index in [0.29, 0.717) is 12.0 Å². The smallest absolute Gasteiger partial charge is 0.246 e. The summed E-state index contributed by atoms with van der Waals surface area (Å²) in [6.07, 6.45) is 4.06. The zero-order valence-corrected chi connectivity index (χ0v) is 7.49. The van der Waals surface area contributed by atoms with Gasteiger partial charge in [-0.1, -0.05) is 13.5 Å². The van der Waals surface area contributed by atoms with Crippen molar-refractivity contribution >= 4 is 5.91 Å². The molecule has 1 heterocycles. The maximum Gasteiger partial charge on any atom is 0.246 e. The van der Waals surface area contributed by atoms with Crippen molar-refractivity contribution in [2.75, 3.05) is 6.54 Å². The first-order valence-corrected chi connectivity index (χ1v) is 4.67. The van der Waals surface area contributed by atoms with Crippen LogP contribution in [0.1, 0.15) is 19.8 Å². The average Bonchev–Trinajstić information content (AvgIpc) is 2.82. The van der Waals surface area contributed by atoms with E-state index >= 15 is 0 Å². The largest absolute Gasteiger partial charge is 0.335 e. The molecule has 0 aromatic heterocycles. The second-order valence-corrected chi connectivity index (χ2v) is 4.00. The summed E-state index contributed by atoms with van der Waals surface area (Å²) in [6, 6.07) is 0.537. The van der Waals surface area contributed by atoms with Gasteiger partial charge in [0.1, 0.15) is 0 Å². The molecule has 2 nitrogen and oxygen atoms in total. The molecular weight excluding hydrogens is 150 g/mol. The maximum atomic E-state index is 11.3. The fourth-order valence-electron chi connectivity index (χ4n) is 2.22. The monoisotopic (exact) mass is 165 g/mol. The highest BCUT2D eigenvalue weighted by Crippen LogP contribution is 2.43. The zero-order chi connectivity index (χ0) is 8.72. The van der Waals surface area contributed by atoms with Crippen molar-refractivity contribution in [1.82, 2.24) is 4.90 Å². The van der Waals surface area contributed by atoms with Gasteiger partial charge in [-0.15, -0.1) is 0 Å². The van der Waals surface area contributed by atoms with Crippen LogP contribution in [0.15, 0.2) is 12.7 Å². The summed E-state index contributed by atoms with van der Waals surface area (Å²) in [4.78, 5) is 13.3. The molecule has 0 radical (unpaired) electrons. The number of carbonyl (C=O) groups is 1. The van der Waals surface area contributed by atoms with Crippen LogP contribution in [0.25, 0.3) is 0 Å². The Kier molecular flexibility index (Phi) is 1.71. The standard InChI is InChI=1S/C10H15NO/c1-3-9(12)11-6-7(2)10(11)8-4-5-8/h3,7-8,10H,1,4-6H2,2H3. The van der Waals surface area contributed by atoms with Gasteiger partial charge in [-0.3, -0.25) is 4.79 Å². The molecular formula is C10H15NO. The molecule has 1 amide bonds. The normalized spacial score (nSPS) is 34.2. The number of carbonyl (C=O) groups excluding carboxylic acids is 1. The fourth-order valence-corrected chi connectivity index (χ4v) is 2.22. The second kappa shape index (κ2) is 2.61. The van der Waals surface area contributed by atoms with Gasteiger partial charge in [0, 0.05) is 12.6 Å². The minimum atomic E-state index is 0.116. The molecule has 0 bridgehead atoms. The van der Waals surface area contributed by atoms with E-state index in [0.717, 1.165) is 12.5 Å². The van der Waals surface area contributed by atoms with Gasteiger partial charge >= 0.3 is 0 Å². The number of rotatable bonds is 2. The Balaban J connectivity index is 1.99. The summed E-state index contributed by atoms with van der Waals surface area (Å²) in [7, 11) is 0. The number of hydrogen-bond donors (Lipinski definition) is 0. The van der Waals surface area contributed by atoms with Crippen molar-refractivity contribution < 1.29 is 4.79 Å². The summed E-state index contributed by atoms with van der Waals surface area (Å²) in [5.74, 6) is 1.63. The first-order valence-electron chi connectivity index (χ1n) is 4.67. The first-order chi connectivity index (χ1) is 5.74. The van der Waals surface area contributed by atoms with E-state index in [1.807, 2.05) is 4.90 Å². The molecule has 0 spiro atoms. The molecule has 0 N–H and O–H groups in total. The molecule has 0 aromatic rings. The van der Waals surface area contributed by atoms with Gasteiger partial charge in [0.2, 0.25) is 5.91 Å². The van der Waals surface area contributed by atoms with Gasteiger partial charge < -0.3 is 4.90 Å². The van der Waals surface area contributed by atoms with E-state index in [4.69, 9.17) is 0 Å². The van der Waals surface area contributed by atoms with Gasteiger partial charge in [0.05, 0.1) is 0 Å². The number of amides is 1. The molecule has 1 saturated carbocycles. The van der Waals surface area contributed by atoms with Crippen LogP contribution in [0.3, 0.4) is 0 Å². The topological polar surface area (TPSA) is 20.3 Å². The molecule has 2 heteroatoms. The quantitative estimate of drug-likeness (QED) is 0.567. The minimum absolute atomic E-state index is 0.116. The Labute approximate surface area is 73.2 Å². The van der Waals surface area contributed by atoms with Gasteiger partial charge in [0.25, 0.3) is 0 Å². The number of hydrogen-bond acceptors (Lipinski definition) is 1. The van der Waals surface area contributed by atoms with E-state index in [1.165, 1.54) is 18.9 Å². The lowest BCUT2D eigenvalue weighted by Gasteiger charge is -2.46. The van der Waals surface area contributed by atoms with E-state index in [2.05, 4.69) is 13.5 Å². The van der Waals surface area contributed by atoms with Crippen molar-refractivity contribution in [2.45, 2.75) is 25.8 Å². The highest BCUT2D eigenvalue weighted by Gasteiger charge is 2.46. The van der Waals surface area contributed by atoms with Crippen LogP contribution in [0.4, 0.5) is 0 Å². The van der Waals surface area contributed by atoms with Crippen molar-refractivity contribution in [3.8, 4) is 0 Å². The van der Waals surface area contributed by atoms with Gasteiger partial charge in [-0.2, -0.15) is 0 Å². The van der Waals surface area contributed by atoms with E-state index in [-0.39, 0.29) is 5.91 Å². The summed E-state index contributed by atoms with van der Waals surface area (Å²) in [5, 5.41) is 0. The van der Waals surface area contributed by atoms with Crippen molar-refractivity contribution in [3.05, 3.63) is 12.7 Å². The minimum Gasteiger partial charge on any atom is -0.335 e. The highest BCUT2D eigenvalue weighted by molar-refractivity contribution is 5.88. The third kappa shape index (κ3) is 1.06. The molecule has 2 unspecified atom stereocenters. The average molecular weight is 165 g/mol. The Morgan fingerprint density at radius 2 is 2.25 bits per heavy atom. The van der Waals surface area contributed by atoms with Crippen LogP contribution in [-0.2, 0) is 4.79 Å². The molecule has 0 aromatic carbocycles. The van der Waals surface area contributed by atoms with Crippen LogP contribution in [0.5, 0.6) is 0 Å². The van der Waals surface area contributed by atoms with Gasteiger partial charge in [-0.25, -0.2) is 0 Å². The lowest BCUT2D eigenvalue weighted by molar-refractivity contribution is -0.138. The lowest BCUT2D eigenvalue weighted by atomic mass is 9.86. The van der Waals surface area contributed by atoms with Crippen LogP contribution in [0, 0.1) is 11.8 Å². The number of nitrogens with zero attached hydrogens (tertiary/aromatic N) is 1. The van der Waals surface area contributed by atoms with Crippen molar-refractivity contribution in [1.29, 1.82) is 0 Å². The molecule has 1 saturated heterocycles. The Hall–Kier alpha value is -0.790. The van der Waals surface area contributed by atoms with Gasteiger partial charge in [0.15, 0.2) is 0 Å². The first kappa shape index (κ1) is 7.84. The van der Waals surface area contributed by atoms with Crippen LogP contribution < -0.4 is 0 Å². The summed E-state index contributed by atoms with van der Waals surface area (Å²) >= 11 is 0. The molecule has 1 aliphatic carbocycles. The maximum absolute atomic E-state index is 11.3. The second-order valence-electron chi connectivity index (χ2n) is 4.00. The van der Waals surface area contributed by atoms with Crippen molar-refractivity contribution in [2.24, 2.45) is 11.8 Å². The third-order valence-electron chi connectivity index (χ3n) is 2.99. The highest BCUT2D eigenvalue weighted by atomic mass is 16.2. The van der Waals surface area contributed by atoms with Crippen LogP contribution >= 0.6 is 0 Å². The third-order valence-corrected chi connectivity index (χ3v) is 2.99. The molecule has 1 aliphatic heterocycles. The summed E-state index contributed by atoms with van der Waals surface area (Å²) in [6.45, 7) is 6.68. The zero-order valence-electron chi connectivity index (χ0n) is 7.49. The Morgan fingerprint density at radius 1 is 1.58 bits per heavy atom.